The molecule has 0 spiro atoms. The fraction of sp³-hybridized carbons (Fsp3) is 0.545. The van der Waals surface area contributed by atoms with Crippen molar-refractivity contribution in [1.82, 2.24) is 4.98 Å². The van der Waals surface area contributed by atoms with E-state index < -0.39 is 0 Å². The van der Waals surface area contributed by atoms with Crippen molar-refractivity contribution in [3.8, 4) is 0 Å². The van der Waals surface area contributed by atoms with Gasteiger partial charge in [-0.3, -0.25) is 0 Å². The quantitative estimate of drug-likeness (QED) is 0.688. The number of rotatable bonds is 2. The summed E-state index contributed by atoms with van der Waals surface area (Å²) in [6.07, 6.45) is 3.23. The average molecular weight is 176 g/mol. The topological polar surface area (TPSA) is 16.1 Å². The number of nitrogens with zero attached hydrogens (tertiary/aromatic N) is 2. The Hall–Kier alpha value is -1.05. The molecule has 1 aromatic heterocycles. The van der Waals surface area contributed by atoms with E-state index in [1.54, 1.807) is 0 Å². The van der Waals surface area contributed by atoms with Crippen LogP contribution < -0.4 is 4.90 Å². The van der Waals surface area contributed by atoms with Gasteiger partial charge in [0.05, 0.1) is 0 Å². The number of aromatic nitrogens is 1. The molecule has 0 N–H and O–H groups in total. The van der Waals surface area contributed by atoms with Crippen LogP contribution in [-0.2, 0) is 0 Å². The first-order chi connectivity index (χ1) is 6.27. The maximum Gasteiger partial charge on any atom is 0.128 e. The summed E-state index contributed by atoms with van der Waals surface area (Å²) in [5.74, 6) is 1.75. The predicted molar refractivity (Wildman–Crippen MR) is 55.2 cm³/mol. The summed E-state index contributed by atoms with van der Waals surface area (Å²) in [6.45, 7) is 6.79. The zero-order valence-electron chi connectivity index (χ0n) is 8.33. The van der Waals surface area contributed by atoms with Gasteiger partial charge in [0.15, 0.2) is 0 Å². The highest BCUT2D eigenvalue weighted by Gasteiger charge is 2.15. The van der Waals surface area contributed by atoms with Crippen molar-refractivity contribution in [1.29, 1.82) is 0 Å². The van der Waals surface area contributed by atoms with Crippen LogP contribution >= 0.6 is 0 Å². The fourth-order valence-corrected chi connectivity index (χ4v) is 1.51. The summed E-state index contributed by atoms with van der Waals surface area (Å²) < 4.78 is 0. The lowest BCUT2D eigenvalue weighted by molar-refractivity contribution is 0.609. The summed E-state index contributed by atoms with van der Waals surface area (Å²) in [4.78, 5) is 6.70. The monoisotopic (exact) mass is 176 g/mol. The lowest BCUT2D eigenvalue weighted by Gasteiger charge is -2.32. The van der Waals surface area contributed by atoms with Crippen LogP contribution in [0, 0.1) is 0 Å². The number of hydrogen-bond acceptors (Lipinski definition) is 2. The summed E-state index contributed by atoms with van der Waals surface area (Å²) >= 11 is 0. The van der Waals surface area contributed by atoms with Crippen LogP contribution in [0.2, 0.25) is 0 Å². The molecule has 0 bridgehead atoms. The lowest BCUT2D eigenvalue weighted by atomic mass is 10.0. The van der Waals surface area contributed by atoms with E-state index in [0.29, 0.717) is 5.92 Å². The van der Waals surface area contributed by atoms with Gasteiger partial charge in [0, 0.05) is 19.3 Å². The average Bonchev–Trinajstić information content (AvgIpc) is 2.01. The first kappa shape index (κ1) is 8.54. The minimum atomic E-state index is 0.600. The summed E-state index contributed by atoms with van der Waals surface area (Å²) in [5, 5.41) is 0. The van der Waals surface area contributed by atoms with Gasteiger partial charge in [0.1, 0.15) is 5.82 Å². The molecule has 70 valence electrons. The first-order valence-electron chi connectivity index (χ1n) is 4.98. The van der Waals surface area contributed by atoms with E-state index in [0.717, 1.165) is 5.82 Å². The molecule has 2 heterocycles. The molecule has 0 radical (unpaired) electrons. The van der Waals surface area contributed by atoms with Gasteiger partial charge in [-0.25, -0.2) is 4.98 Å². The van der Waals surface area contributed by atoms with Crippen LogP contribution in [-0.4, -0.2) is 18.1 Å². The highest BCUT2D eigenvalue weighted by Crippen LogP contribution is 2.22. The van der Waals surface area contributed by atoms with E-state index in [1.165, 1.54) is 25.1 Å². The maximum atomic E-state index is 4.37. The van der Waals surface area contributed by atoms with Gasteiger partial charge in [-0.2, -0.15) is 0 Å². The molecule has 2 heteroatoms. The Kier molecular flexibility index (Phi) is 2.21. The second-order valence-corrected chi connectivity index (χ2v) is 3.94. The van der Waals surface area contributed by atoms with E-state index in [1.807, 2.05) is 6.20 Å². The highest BCUT2D eigenvalue weighted by atomic mass is 15.2. The van der Waals surface area contributed by atoms with Crippen molar-refractivity contribution in [2.24, 2.45) is 0 Å². The molecule has 1 aliphatic heterocycles. The summed E-state index contributed by atoms with van der Waals surface area (Å²) in [7, 11) is 0. The van der Waals surface area contributed by atoms with E-state index in [4.69, 9.17) is 0 Å². The Morgan fingerprint density at radius 2 is 2.15 bits per heavy atom. The van der Waals surface area contributed by atoms with E-state index in [9.17, 15) is 0 Å². The molecule has 2 rings (SSSR count). The standard InChI is InChI=1S/C11H16N2/c1-9(2)10-4-5-12-11(8-10)13-6-3-7-13/h4-5,8-9H,3,6-7H2,1-2H3. The molecule has 0 amide bonds. The molecule has 1 aliphatic rings. The maximum absolute atomic E-state index is 4.37. The SMILES string of the molecule is CC(C)c1ccnc(N2CCC2)c1. The molecule has 13 heavy (non-hydrogen) atoms. The van der Waals surface area contributed by atoms with Crippen molar-refractivity contribution < 1.29 is 0 Å². The molecule has 0 aliphatic carbocycles. The lowest BCUT2D eigenvalue weighted by Crippen LogP contribution is -2.37. The Morgan fingerprint density at radius 1 is 1.38 bits per heavy atom. The third kappa shape index (κ3) is 1.67. The Balaban J connectivity index is 2.21. The van der Waals surface area contributed by atoms with Gasteiger partial charge in [0.2, 0.25) is 0 Å². The van der Waals surface area contributed by atoms with Gasteiger partial charge in [-0.05, 0) is 30.0 Å². The molecule has 2 nitrogen and oxygen atoms in total. The van der Waals surface area contributed by atoms with Crippen LogP contribution in [0.1, 0.15) is 31.7 Å². The molecule has 0 unspecified atom stereocenters. The third-order valence-corrected chi connectivity index (χ3v) is 2.62. The smallest absolute Gasteiger partial charge is 0.128 e. The number of pyridine rings is 1. The number of anilines is 1. The van der Waals surface area contributed by atoms with Crippen molar-refractivity contribution in [3.63, 3.8) is 0 Å². The van der Waals surface area contributed by atoms with Gasteiger partial charge < -0.3 is 4.90 Å². The van der Waals surface area contributed by atoms with Gasteiger partial charge in [-0.15, -0.1) is 0 Å². The van der Waals surface area contributed by atoms with Crippen LogP contribution in [0.25, 0.3) is 0 Å². The minimum absolute atomic E-state index is 0.600. The first-order valence-corrected chi connectivity index (χ1v) is 4.98. The van der Waals surface area contributed by atoms with E-state index >= 15 is 0 Å². The zero-order valence-corrected chi connectivity index (χ0v) is 8.33. The highest BCUT2D eigenvalue weighted by molar-refractivity contribution is 5.43. The normalized spacial score (nSPS) is 16.1. The van der Waals surface area contributed by atoms with Crippen LogP contribution in [0.15, 0.2) is 18.3 Å². The molecular formula is C11H16N2. The molecule has 1 saturated heterocycles. The van der Waals surface area contributed by atoms with Crippen molar-refractivity contribution >= 4 is 5.82 Å². The van der Waals surface area contributed by atoms with E-state index in [2.05, 4.69) is 35.9 Å². The van der Waals surface area contributed by atoms with Crippen LogP contribution in [0.5, 0.6) is 0 Å². The zero-order chi connectivity index (χ0) is 9.26. The molecular weight excluding hydrogens is 160 g/mol. The third-order valence-electron chi connectivity index (χ3n) is 2.62. The molecule has 1 fully saturated rings. The largest absolute Gasteiger partial charge is 0.356 e. The Labute approximate surface area is 79.6 Å². The molecule has 0 saturated carbocycles. The Bertz CT molecular complexity index is 290. The van der Waals surface area contributed by atoms with Gasteiger partial charge >= 0.3 is 0 Å². The minimum Gasteiger partial charge on any atom is -0.356 e. The van der Waals surface area contributed by atoms with Crippen molar-refractivity contribution in [2.75, 3.05) is 18.0 Å². The van der Waals surface area contributed by atoms with Gasteiger partial charge in [-0.1, -0.05) is 13.8 Å². The summed E-state index contributed by atoms with van der Waals surface area (Å²) in [5.41, 5.74) is 1.39. The van der Waals surface area contributed by atoms with Gasteiger partial charge in [0.25, 0.3) is 0 Å². The van der Waals surface area contributed by atoms with Crippen molar-refractivity contribution in [3.05, 3.63) is 23.9 Å². The number of hydrogen-bond donors (Lipinski definition) is 0. The summed E-state index contributed by atoms with van der Waals surface area (Å²) in [6, 6.07) is 4.32. The molecule has 0 atom stereocenters. The fourth-order valence-electron chi connectivity index (χ4n) is 1.51. The van der Waals surface area contributed by atoms with Crippen LogP contribution in [0.3, 0.4) is 0 Å². The Morgan fingerprint density at radius 3 is 2.69 bits per heavy atom. The second-order valence-electron chi connectivity index (χ2n) is 3.94. The molecule has 0 aromatic carbocycles. The van der Waals surface area contributed by atoms with Crippen molar-refractivity contribution in [2.45, 2.75) is 26.2 Å². The van der Waals surface area contributed by atoms with E-state index in [-0.39, 0.29) is 0 Å². The molecule has 1 aromatic rings. The predicted octanol–water partition coefficient (Wildman–Crippen LogP) is 2.42. The second kappa shape index (κ2) is 3.36. The van der Waals surface area contributed by atoms with Crippen LogP contribution in [0.4, 0.5) is 5.82 Å².